The minimum absolute atomic E-state index is 0.374. The van der Waals surface area contributed by atoms with E-state index in [2.05, 4.69) is 5.32 Å². The molecule has 0 fully saturated rings. The normalized spacial score (nSPS) is 14.2. The third kappa shape index (κ3) is 2.52. The number of primary amides is 1. The highest BCUT2D eigenvalue weighted by Crippen LogP contribution is 2.22. The van der Waals surface area contributed by atoms with Crippen LogP contribution < -0.4 is 15.8 Å². The molecule has 1 aromatic carbocycles. The Balaban J connectivity index is 2.98. The average molecular weight is 222 g/mol. The molecule has 88 valence electrons. The van der Waals surface area contributed by atoms with Crippen LogP contribution in [0, 0.1) is 0 Å². The van der Waals surface area contributed by atoms with Crippen LogP contribution in [0.4, 0.5) is 0 Å². The van der Waals surface area contributed by atoms with Crippen LogP contribution in [0.15, 0.2) is 24.3 Å². The number of benzene rings is 1. The molecule has 4 nitrogen and oxygen atoms in total. The van der Waals surface area contributed by atoms with Crippen molar-refractivity contribution in [3.8, 4) is 5.75 Å². The van der Waals surface area contributed by atoms with Gasteiger partial charge in [0.25, 0.3) is 0 Å². The van der Waals surface area contributed by atoms with Crippen molar-refractivity contribution >= 4 is 5.91 Å². The number of hydrogen-bond donors (Lipinski definition) is 2. The molecule has 1 unspecified atom stereocenters. The van der Waals surface area contributed by atoms with E-state index >= 15 is 0 Å². The largest absolute Gasteiger partial charge is 0.496 e. The molecule has 0 radical (unpaired) electrons. The number of nitrogens with two attached hydrogens (primary N) is 1. The number of rotatable bonds is 5. The summed E-state index contributed by atoms with van der Waals surface area (Å²) in [4.78, 5) is 11.4. The molecule has 3 N–H and O–H groups in total. The number of para-hydroxylation sites is 1. The van der Waals surface area contributed by atoms with Crippen molar-refractivity contribution < 1.29 is 9.53 Å². The summed E-state index contributed by atoms with van der Waals surface area (Å²) in [6.07, 6.45) is 0.503. The summed E-state index contributed by atoms with van der Waals surface area (Å²) in [5.41, 5.74) is 5.58. The summed E-state index contributed by atoms with van der Waals surface area (Å²) in [5.74, 6) is 0.395. The van der Waals surface area contributed by atoms with Gasteiger partial charge in [0.2, 0.25) is 5.91 Å². The van der Waals surface area contributed by atoms with Gasteiger partial charge in [0.05, 0.1) is 12.6 Å². The number of carbonyl (C=O) groups is 1. The van der Waals surface area contributed by atoms with Gasteiger partial charge in [0, 0.05) is 6.42 Å². The van der Waals surface area contributed by atoms with E-state index in [1.54, 1.807) is 21.1 Å². The molecule has 0 heterocycles. The Morgan fingerprint density at radius 3 is 2.62 bits per heavy atom. The van der Waals surface area contributed by atoms with Gasteiger partial charge in [-0.2, -0.15) is 0 Å². The zero-order valence-corrected chi connectivity index (χ0v) is 9.91. The summed E-state index contributed by atoms with van der Waals surface area (Å²) in [6.45, 7) is 1.78. The lowest BCUT2D eigenvalue weighted by Gasteiger charge is -2.26. The van der Waals surface area contributed by atoms with Gasteiger partial charge in [-0.25, -0.2) is 0 Å². The van der Waals surface area contributed by atoms with Crippen molar-refractivity contribution in [2.45, 2.75) is 18.9 Å². The molecule has 0 bridgehead atoms. The van der Waals surface area contributed by atoms with Crippen molar-refractivity contribution in [2.75, 3.05) is 14.2 Å². The molecular weight excluding hydrogens is 204 g/mol. The smallest absolute Gasteiger partial charge is 0.237 e. The van der Waals surface area contributed by atoms with Crippen molar-refractivity contribution in [2.24, 2.45) is 5.73 Å². The monoisotopic (exact) mass is 222 g/mol. The molecule has 0 spiro atoms. The lowest BCUT2D eigenvalue weighted by molar-refractivity contribution is -0.123. The third-order valence-electron chi connectivity index (χ3n) is 2.83. The number of hydrogen-bond acceptors (Lipinski definition) is 3. The molecule has 4 heteroatoms. The second kappa shape index (κ2) is 4.99. The Kier molecular flexibility index (Phi) is 3.90. The molecule has 0 saturated heterocycles. The van der Waals surface area contributed by atoms with Crippen LogP contribution in [0.5, 0.6) is 5.75 Å². The fourth-order valence-electron chi connectivity index (χ4n) is 1.53. The van der Waals surface area contributed by atoms with Gasteiger partial charge in [-0.3, -0.25) is 4.79 Å². The first-order valence-electron chi connectivity index (χ1n) is 5.14. The first kappa shape index (κ1) is 12.5. The van der Waals surface area contributed by atoms with Crippen molar-refractivity contribution in [3.05, 3.63) is 29.8 Å². The predicted octanol–water partition coefficient (Wildman–Crippen LogP) is 0.701. The van der Waals surface area contributed by atoms with Gasteiger partial charge in [-0.05, 0) is 25.6 Å². The second-order valence-corrected chi connectivity index (χ2v) is 3.93. The molecule has 0 aliphatic carbocycles. The standard InChI is InChI=1S/C12H18N2O2/c1-12(14-2,11(13)15)8-9-6-4-5-7-10(9)16-3/h4-7,14H,8H2,1-3H3,(H2,13,15). The van der Waals surface area contributed by atoms with E-state index in [1.807, 2.05) is 24.3 Å². The Morgan fingerprint density at radius 1 is 1.50 bits per heavy atom. The van der Waals surface area contributed by atoms with E-state index in [1.165, 1.54) is 0 Å². The molecule has 1 atom stereocenters. The maximum Gasteiger partial charge on any atom is 0.237 e. The summed E-state index contributed by atoms with van der Waals surface area (Å²) in [5, 5.41) is 2.95. The molecule has 0 aliphatic heterocycles. The van der Waals surface area contributed by atoms with Crippen LogP contribution in [0.3, 0.4) is 0 Å². The van der Waals surface area contributed by atoms with Crippen LogP contribution >= 0.6 is 0 Å². The van der Waals surface area contributed by atoms with Gasteiger partial charge in [0.15, 0.2) is 0 Å². The Labute approximate surface area is 95.8 Å². The van der Waals surface area contributed by atoms with E-state index in [-0.39, 0.29) is 5.91 Å². The zero-order chi connectivity index (χ0) is 12.2. The number of methoxy groups -OCH3 is 1. The number of amides is 1. The van der Waals surface area contributed by atoms with Crippen LogP contribution in [0.25, 0.3) is 0 Å². The highest BCUT2D eigenvalue weighted by molar-refractivity contribution is 5.84. The average Bonchev–Trinajstić information content (AvgIpc) is 2.29. The fourth-order valence-corrected chi connectivity index (χ4v) is 1.53. The minimum atomic E-state index is -0.755. The molecule has 1 aromatic rings. The number of ether oxygens (including phenoxy) is 1. The molecule has 1 amide bonds. The quantitative estimate of drug-likeness (QED) is 0.771. The van der Waals surface area contributed by atoms with Crippen molar-refractivity contribution in [3.63, 3.8) is 0 Å². The first-order valence-corrected chi connectivity index (χ1v) is 5.14. The molecule has 0 aromatic heterocycles. The molecule has 1 rings (SSSR count). The number of carbonyl (C=O) groups excluding carboxylic acids is 1. The van der Waals surface area contributed by atoms with Gasteiger partial charge >= 0.3 is 0 Å². The molecule has 0 aliphatic rings. The fraction of sp³-hybridized carbons (Fsp3) is 0.417. The summed E-state index contributed by atoms with van der Waals surface area (Å²) in [6, 6.07) is 7.60. The van der Waals surface area contributed by atoms with Crippen LogP contribution in [-0.4, -0.2) is 25.6 Å². The van der Waals surface area contributed by atoms with E-state index in [9.17, 15) is 4.79 Å². The maximum atomic E-state index is 11.4. The van der Waals surface area contributed by atoms with Gasteiger partial charge < -0.3 is 15.8 Å². The maximum absolute atomic E-state index is 11.4. The Morgan fingerprint density at radius 2 is 2.12 bits per heavy atom. The van der Waals surface area contributed by atoms with Gasteiger partial charge in [-0.15, -0.1) is 0 Å². The van der Waals surface area contributed by atoms with E-state index in [0.29, 0.717) is 6.42 Å². The predicted molar refractivity (Wildman–Crippen MR) is 63.4 cm³/mol. The second-order valence-electron chi connectivity index (χ2n) is 3.93. The van der Waals surface area contributed by atoms with Crippen molar-refractivity contribution in [1.29, 1.82) is 0 Å². The summed E-state index contributed by atoms with van der Waals surface area (Å²) in [7, 11) is 3.33. The summed E-state index contributed by atoms with van der Waals surface area (Å²) < 4.78 is 5.24. The van der Waals surface area contributed by atoms with Gasteiger partial charge in [-0.1, -0.05) is 18.2 Å². The third-order valence-corrected chi connectivity index (χ3v) is 2.83. The minimum Gasteiger partial charge on any atom is -0.496 e. The van der Waals surface area contributed by atoms with E-state index in [0.717, 1.165) is 11.3 Å². The van der Waals surface area contributed by atoms with Gasteiger partial charge in [0.1, 0.15) is 5.75 Å². The lowest BCUT2D eigenvalue weighted by atomic mass is 9.92. The number of nitrogens with one attached hydrogen (secondary N) is 1. The van der Waals surface area contributed by atoms with Crippen LogP contribution in [0.1, 0.15) is 12.5 Å². The summed E-state index contributed by atoms with van der Waals surface area (Å²) >= 11 is 0. The first-order chi connectivity index (χ1) is 7.53. The topological polar surface area (TPSA) is 64.3 Å². The Hall–Kier alpha value is -1.55. The highest BCUT2D eigenvalue weighted by Gasteiger charge is 2.30. The Bertz CT molecular complexity index is 379. The molecule has 16 heavy (non-hydrogen) atoms. The SMILES string of the molecule is CNC(C)(Cc1ccccc1OC)C(N)=O. The zero-order valence-electron chi connectivity index (χ0n) is 9.91. The van der Waals surface area contributed by atoms with Crippen LogP contribution in [0.2, 0.25) is 0 Å². The van der Waals surface area contributed by atoms with Crippen molar-refractivity contribution in [1.82, 2.24) is 5.32 Å². The molecule has 0 saturated carbocycles. The van der Waals surface area contributed by atoms with E-state index < -0.39 is 5.54 Å². The number of likely N-dealkylation sites (N-methyl/N-ethyl adjacent to an activating group) is 1. The van der Waals surface area contributed by atoms with Crippen LogP contribution in [-0.2, 0) is 11.2 Å². The lowest BCUT2D eigenvalue weighted by Crippen LogP contribution is -2.53. The molecular formula is C12H18N2O2. The van der Waals surface area contributed by atoms with E-state index in [4.69, 9.17) is 10.5 Å². The highest BCUT2D eigenvalue weighted by atomic mass is 16.5.